The van der Waals surface area contributed by atoms with E-state index < -0.39 is 34.6 Å². The lowest BCUT2D eigenvalue weighted by molar-refractivity contribution is -0.154. The maximum Gasteiger partial charge on any atom is 0.310 e. The molecular formula is C36H44BrN3O5S. The molecule has 5 rings (SSSR count). The summed E-state index contributed by atoms with van der Waals surface area (Å²) >= 11 is 5.38. The summed E-state index contributed by atoms with van der Waals surface area (Å²) in [7, 11) is 0. The zero-order valence-corrected chi connectivity index (χ0v) is 29.0. The van der Waals surface area contributed by atoms with E-state index in [1.165, 1.54) is 0 Å². The van der Waals surface area contributed by atoms with Crippen LogP contribution in [0.2, 0.25) is 0 Å². The molecule has 3 heterocycles. The third-order valence-corrected chi connectivity index (χ3v) is 12.8. The summed E-state index contributed by atoms with van der Waals surface area (Å²) < 4.78 is 4.85. The molecule has 2 aromatic rings. The number of hydrogen-bond donors (Lipinski definition) is 1. The first-order chi connectivity index (χ1) is 22.3. The number of rotatable bonds is 15. The molecule has 1 spiro atoms. The summed E-state index contributed by atoms with van der Waals surface area (Å²) in [6.45, 7) is 13.7. The van der Waals surface area contributed by atoms with Crippen LogP contribution >= 0.6 is 27.7 Å². The number of allylic oxidation sites excluding steroid dienone is 1. The van der Waals surface area contributed by atoms with Crippen molar-refractivity contribution in [2.75, 3.05) is 42.6 Å². The molecule has 0 radical (unpaired) electrons. The molecular weight excluding hydrogens is 666 g/mol. The van der Waals surface area contributed by atoms with Gasteiger partial charge in [0.1, 0.15) is 6.04 Å². The van der Waals surface area contributed by atoms with Crippen LogP contribution in [0.4, 0.5) is 11.4 Å². The van der Waals surface area contributed by atoms with Gasteiger partial charge in [-0.15, -0.1) is 24.9 Å². The zero-order chi connectivity index (χ0) is 33.0. The van der Waals surface area contributed by atoms with E-state index in [2.05, 4.69) is 47.8 Å². The highest BCUT2D eigenvalue weighted by Gasteiger charge is 2.76. The summed E-state index contributed by atoms with van der Waals surface area (Å²) in [6, 6.07) is 15.5. The Bertz CT molecular complexity index is 1420. The third kappa shape index (κ3) is 6.04. The number of alkyl halides is 1. The maximum atomic E-state index is 15.1. The largest absolute Gasteiger partial charge is 0.465 e. The summed E-state index contributed by atoms with van der Waals surface area (Å²) in [4.78, 5) is 48.9. The second kappa shape index (κ2) is 14.8. The van der Waals surface area contributed by atoms with Gasteiger partial charge in [0.25, 0.3) is 5.91 Å². The van der Waals surface area contributed by atoms with Gasteiger partial charge in [-0.25, -0.2) is 0 Å². The summed E-state index contributed by atoms with van der Waals surface area (Å²) in [5.41, 5.74) is 2.48. The van der Waals surface area contributed by atoms with Crippen molar-refractivity contribution < 1.29 is 24.2 Å². The molecule has 8 nitrogen and oxygen atoms in total. The highest BCUT2D eigenvalue weighted by atomic mass is 79.9. The molecule has 2 amide bonds. The number of hydrogen-bond acceptors (Lipinski definition) is 7. The molecule has 0 aromatic heterocycles. The first-order valence-corrected chi connectivity index (χ1v) is 17.9. The number of likely N-dealkylation sites (tertiary alicyclic amines) is 1. The van der Waals surface area contributed by atoms with Gasteiger partial charge in [-0.05, 0) is 62.9 Å². The lowest BCUT2D eigenvalue weighted by Gasteiger charge is -2.40. The Hall–Kier alpha value is -3.08. The standard InChI is InChI=1S/C36H44BrN3O5S/c1-5-9-13-21-45-35(44)29-30-33(42)40(28(23-41)24-14-11-10-12-15-24)32(36(30)22-27(37)31(29)46-36)34(43)39(20-6-2)26-18-16-25(17-19-26)38(7-3)8-4/h5-6,10-12,14-19,27-32,41H,1-2,7-9,13,20-23H2,3-4H3/t27?,28-,29+,30+,31+,32?,36?/m1/s1. The first-order valence-electron chi connectivity index (χ1n) is 16.1. The fourth-order valence-corrected chi connectivity index (χ4v) is 11.1. The van der Waals surface area contributed by atoms with E-state index in [-0.39, 0.29) is 41.6 Å². The fraction of sp³-hybridized carbons (Fsp3) is 0.472. The minimum Gasteiger partial charge on any atom is -0.465 e. The number of nitrogens with zero attached hydrogens (tertiary/aromatic N) is 3. The minimum atomic E-state index is -0.932. The van der Waals surface area contributed by atoms with E-state index in [1.807, 2.05) is 54.6 Å². The summed E-state index contributed by atoms with van der Waals surface area (Å²) in [5, 5.41) is 10.6. The van der Waals surface area contributed by atoms with E-state index in [0.29, 0.717) is 18.5 Å². The van der Waals surface area contributed by atoms with Gasteiger partial charge >= 0.3 is 5.97 Å². The highest BCUT2D eigenvalue weighted by Crippen LogP contribution is 2.68. The lowest BCUT2D eigenvalue weighted by Crippen LogP contribution is -2.56. The number of anilines is 2. The Labute approximate surface area is 285 Å². The number of benzene rings is 2. The number of aliphatic hydroxyl groups excluding tert-OH is 1. The van der Waals surface area contributed by atoms with Crippen molar-refractivity contribution in [3.05, 3.63) is 85.5 Å². The predicted molar refractivity (Wildman–Crippen MR) is 188 cm³/mol. The van der Waals surface area contributed by atoms with Crippen molar-refractivity contribution in [3.63, 3.8) is 0 Å². The van der Waals surface area contributed by atoms with Crippen LogP contribution in [-0.2, 0) is 19.1 Å². The number of aliphatic hydroxyl groups is 1. The Morgan fingerprint density at radius 2 is 1.78 bits per heavy atom. The Balaban J connectivity index is 1.58. The Morgan fingerprint density at radius 1 is 1.11 bits per heavy atom. The molecule has 0 saturated carbocycles. The van der Waals surface area contributed by atoms with Crippen molar-refractivity contribution in [2.45, 2.75) is 60.0 Å². The fourth-order valence-electron chi connectivity index (χ4n) is 7.51. The molecule has 2 aromatic carbocycles. The van der Waals surface area contributed by atoms with Crippen molar-refractivity contribution in [2.24, 2.45) is 11.8 Å². The van der Waals surface area contributed by atoms with Crippen LogP contribution < -0.4 is 9.80 Å². The second-order valence-corrected chi connectivity index (χ2v) is 14.8. The summed E-state index contributed by atoms with van der Waals surface area (Å²) in [5.74, 6) is -2.43. The van der Waals surface area contributed by atoms with Crippen LogP contribution in [0, 0.1) is 11.8 Å². The van der Waals surface area contributed by atoms with Gasteiger partial charge in [-0.3, -0.25) is 14.4 Å². The van der Waals surface area contributed by atoms with Crippen LogP contribution in [-0.4, -0.2) is 81.5 Å². The first kappa shape index (κ1) is 34.3. The second-order valence-electron chi connectivity index (χ2n) is 12.0. The van der Waals surface area contributed by atoms with Crippen LogP contribution in [0.5, 0.6) is 0 Å². The average Bonchev–Trinajstić information content (AvgIpc) is 3.67. The monoisotopic (exact) mass is 709 g/mol. The molecule has 1 N–H and O–H groups in total. The van der Waals surface area contributed by atoms with E-state index >= 15 is 4.79 Å². The van der Waals surface area contributed by atoms with Crippen LogP contribution in [0.25, 0.3) is 0 Å². The number of carbonyl (C=O) groups is 3. The molecule has 246 valence electrons. The third-order valence-electron chi connectivity index (χ3n) is 9.59. The molecule has 2 bridgehead atoms. The lowest BCUT2D eigenvalue weighted by atomic mass is 9.71. The van der Waals surface area contributed by atoms with Gasteiger partial charge in [0.2, 0.25) is 5.91 Å². The van der Waals surface area contributed by atoms with E-state index in [1.54, 1.807) is 33.7 Å². The number of carbonyl (C=O) groups excluding carboxylic acids is 3. The molecule has 46 heavy (non-hydrogen) atoms. The predicted octanol–water partition coefficient (Wildman–Crippen LogP) is 5.76. The molecule has 3 aliphatic rings. The minimum absolute atomic E-state index is 0.0898. The Kier molecular flexibility index (Phi) is 11.0. The topological polar surface area (TPSA) is 90.4 Å². The Morgan fingerprint density at radius 3 is 2.39 bits per heavy atom. The van der Waals surface area contributed by atoms with Gasteiger partial charge in [0.15, 0.2) is 0 Å². The molecule has 3 saturated heterocycles. The van der Waals surface area contributed by atoms with Crippen molar-refractivity contribution in [1.29, 1.82) is 0 Å². The maximum absolute atomic E-state index is 15.1. The molecule has 7 atom stereocenters. The van der Waals surface area contributed by atoms with Crippen molar-refractivity contribution in [3.8, 4) is 0 Å². The SMILES string of the molecule is C=CCCCOC(=O)[C@H]1[C@H]2C(=O)N([C@H](CO)c3ccccc3)C(C(=O)N(CC=C)c3ccc(N(CC)CC)cc3)C23CC(Br)[C@@H]1S3. The van der Waals surface area contributed by atoms with Gasteiger partial charge in [-0.2, -0.15) is 0 Å². The number of thioether (sulfide) groups is 1. The van der Waals surface area contributed by atoms with Gasteiger partial charge in [-0.1, -0.05) is 58.4 Å². The summed E-state index contributed by atoms with van der Waals surface area (Å²) in [6.07, 6.45) is 5.37. The quantitative estimate of drug-likeness (QED) is 0.109. The number of unbranched alkanes of at least 4 members (excludes halogenated alkanes) is 1. The van der Waals surface area contributed by atoms with Gasteiger partial charge in [0.05, 0.1) is 35.8 Å². The van der Waals surface area contributed by atoms with Crippen molar-refractivity contribution in [1.82, 2.24) is 4.90 Å². The van der Waals surface area contributed by atoms with E-state index in [4.69, 9.17) is 4.74 Å². The number of ether oxygens (including phenoxy) is 1. The number of fused-ring (bicyclic) bond motifs is 1. The average molecular weight is 711 g/mol. The number of halogens is 1. The highest BCUT2D eigenvalue weighted by molar-refractivity contribution is 9.09. The molecule has 3 aliphatic heterocycles. The van der Waals surface area contributed by atoms with Crippen molar-refractivity contribution >= 4 is 56.9 Å². The molecule has 3 unspecified atom stereocenters. The van der Waals surface area contributed by atoms with Crippen LogP contribution in [0.3, 0.4) is 0 Å². The smallest absolute Gasteiger partial charge is 0.310 e. The normalized spacial score (nSPS) is 26.8. The number of amides is 2. The van der Waals surface area contributed by atoms with E-state index in [9.17, 15) is 14.7 Å². The van der Waals surface area contributed by atoms with E-state index in [0.717, 1.165) is 30.8 Å². The van der Waals surface area contributed by atoms with Gasteiger partial charge < -0.3 is 24.5 Å². The molecule has 10 heteroatoms. The number of esters is 1. The molecule has 0 aliphatic carbocycles. The van der Waals surface area contributed by atoms with Crippen LogP contribution in [0.15, 0.2) is 79.9 Å². The zero-order valence-electron chi connectivity index (χ0n) is 26.6. The van der Waals surface area contributed by atoms with Gasteiger partial charge in [0, 0.05) is 41.1 Å². The molecule has 3 fully saturated rings. The van der Waals surface area contributed by atoms with Crippen LogP contribution in [0.1, 0.15) is 44.7 Å².